The van der Waals surface area contributed by atoms with Crippen LogP contribution in [0.2, 0.25) is 0 Å². The van der Waals surface area contributed by atoms with Gasteiger partial charge in [0, 0.05) is 19.1 Å². The highest BCUT2D eigenvalue weighted by molar-refractivity contribution is 5.74. The molecule has 1 fully saturated rings. The van der Waals surface area contributed by atoms with Crippen molar-refractivity contribution < 1.29 is 4.42 Å². The molecular formula is C15H21N3O. The van der Waals surface area contributed by atoms with Gasteiger partial charge in [-0.3, -0.25) is 0 Å². The summed E-state index contributed by atoms with van der Waals surface area (Å²) in [5.41, 5.74) is 1.83. The second kappa shape index (κ2) is 5.21. The Bertz CT molecular complexity index is 516. The van der Waals surface area contributed by atoms with Gasteiger partial charge in [-0.2, -0.15) is 4.98 Å². The molecule has 19 heavy (non-hydrogen) atoms. The Morgan fingerprint density at radius 3 is 2.95 bits per heavy atom. The Hall–Kier alpha value is -1.55. The fourth-order valence-electron chi connectivity index (χ4n) is 2.85. The van der Waals surface area contributed by atoms with Gasteiger partial charge in [-0.15, -0.1) is 0 Å². The van der Waals surface area contributed by atoms with E-state index in [2.05, 4.69) is 28.9 Å². The lowest BCUT2D eigenvalue weighted by Gasteiger charge is -2.36. The smallest absolute Gasteiger partial charge is 0.298 e. The quantitative estimate of drug-likeness (QED) is 0.848. The summed E-state index contributed by atoms with van der Waals surface area (Å²) in [6.07, 6.45) is 3.74. The van der Waals surface area contributed by atoms with Gasteiger partial charge >= 0.3 is 0 Å². The molecule has 102 valence electrons. The summed E-state index contributed by atoms with van der Waals surface area (Å²) in [6, 6.07) is 9.28. The topological polar surface area (TPSA) is 32.5 Å². The average molecular weight is 259 g/mol. The molecule has 2 heterocycles. The molecule has 1 unspecified atom stereocenters. The first kappa shape index (κ1) is 12.5. The molecule has 0 bridgehead atoms. The van der Waals surface area contributed by atoms with E-state index in [1.54, 1.807) is 0 Å². The molecule has 0 aliphatic carbocycles. The van der Waals surface area contributed by atoms with Gasteiger partial charge in [-0.25, -0.2) is 0 Å². The number of oxazole rings is 1. The molecule has 1 aliphatic heterocycles. The van der Waals surface area contributed by atoms with Crippen LogP contribution >= 0.6 is 0 Å². The third-order valence-corrected chi connectivity index (χ3v) is 3.73. The number of likely N-dealkylation sites (N-methyl/N-ethyl adjacent to an activating group) is 1. The molecule has 2 aromatic rings. The van der Waals surface area contributed by atoms with Gasteiger partial charge in [0.25, 0.3) is 6.01 Å². The van der Waals surface area contributed by atoms with Gasteiger partial charge in [0.1, 0.15) is 5.52 Å². The molecule has 4 heteroatoms. The van der Waals surface area contributed by atoms with E-state index in [1.165, 1.54) is 19.3 Å². The molecule has 0 saturated carbocycles. The van der Waals surface area contributed by atoms with Gasteiger partial charge in [-0.05, 0) is 45.5 Å². The number of fused-ring (bicyclic) bond motifs is 1. The lowest BCUT2D eigenvalue weighted by atomic mass is 10.0. The Labute approximate surface area is 114 Å². The average Bonchev–Trinajstić information content (AvgIpc) is 2.82. The second-order valence-corrected chi connectivity index (χ2v) is 5.57. The van der Waals surface area contributed by atoms with Crippen LogP contribution in [0.5, 0.6) is 0 Å². The van der Waals surface area contributed by atoms with Crippen molar-refractivity contribution >= 4 is 17.1 Å². The Morgan fingerprint density at radius 2 is 2.16 bits per heavy atom. The molecular weight excluding hydrogens is 238 g/mol. The molecule has 0 spiro atoms. The maximum atomic E-state index is 5.92. The minimum absolute atomic E-state index is 0.511. The number of aromatic nitrogens is 1. The molecule has 1 aliphatic rings. The number of hydrogen-bond donors (Lipinski definition) is 0. The number of piperidine rings is 1. The summed E-state index contributed by atoms with van der Waals surface area (Å²) in [4.78, 5) is 9.21. The van der Waals surface area contributed by atoms with Crippen molar-refractivity contribution in [1.82, 2.24) is 9.88 Å². The zero-order chi connectivity index (χ0) is 13.2. The lowest BCUT2D eigenvalue weighted by Crippen LogP contribution is -2.45. The molecule has 4 nitrogen and oxygen atoms in total. The Kier molecular flexibility index (Phi) is 3.42. The standard InChI is InChI=1S/C15H21N3O/c1-17(2)11-12-7-5-6-10-18(12)15-16-13-8-3-4-9-14(13)19-15/h3-4,8-9,12H,5-7,10-11H2,1-2H3. The maximum absolute atomic E-state index is 5.92. The summed E-state index contributed by atoms with van der Waals surface area (Å²) in [5.74, 6) is 0. The summed E-state index contributed by atoms with van der Waals surface area (Å²) in [7, 11) is 4.25. The molecule has 1 saturated heterocycles. The zero-order valence-corrected chi connectivity index (χ0v) is 11.7. The van der Waals surface area contributed by atoms with Gasteiger partial charge in [-0.1, -0.05) is 12.1 Å². The van der Waals surface area contributed by atoms with E-state index < -0.39 is 0 Å². The van der Waals surface area contributed by atoms with Crippen molar-refractivity contribution in [2.24, 2.45) is 0 Å². The number of para-hydroxylation sites is 2. The molecule has 0 amide bonds. The fraction of sp³-hybridized carbons (Fsp3) is 0.533. The van der Waals surface area contributed by atoms with Gasteiger partial charge in [0.15, 0.2) is 5.58 Å². The van der Waals surface area contributed by atoms with Gasteiger partial charge in [0.05, 0.1) is 0 Å². The molecule has 3 rings (SSSR count). The van der Waals surface area contributed by atoms with Crippen molar-refractivity contribution in [2.45, 2.75) is 25.3 Å². The van der Waals surface area contributed by atoms with Gasteiger partial charge in [0.2, 0.25) is 0 Å². The predicted octanol–water partition coefficient (Wildman–Crippen LogP) is 2.75. The van der Waals surface area contributed by atoms with Crippen LogP contribution in [0.15, 0.2) is 28.7 Å². The van der Waals surface area contributed by atoms with Crippen LogP contribution in [-0.4, -0.2) is 43.1 Å². The predicted molar refractivity (Wildman–Crippen MR) is 77.5 cm³/mol. The minimum atomic E-state index is 0.511. The highest BCUT2D eigenvalue weighted by Gasteiger charge is 2.26. The monoisotopic (exact) mass is 259 g/mol. The van der Waals surface area contributed by atoms with E-state index in [1.807, 2.05) is 24.3 Å². The first-order valence-electron chi connectivity index (χ1n) is 7.01. The van der Waals surface area contributed by atoms with E-state index in [4.69, 9.17) is 4.42 Å². The number of benzene rings is 1. The Balaban J connectivity index is 1.89. The number of rotatable bonds is 3. The van der Waals surface area contributed by atoms with Crippen molar-refractivity contribution in [3.8, 4) is 0 Å². The van der Waals surface area contributed by atoms with Gasteiger partial charge < -0.3 is 14.2 Å². The summed E-state index contributed by atoms with van der Waals surface area (Å²) >= 11 is 0. The summed E-state index contributed by atoms with van der Waals surface area (Å²) in [6.45, 7) is 2.10. The van der Waals surface area contributed by atoms with Crippen LogP contribution in [0.3, 0.4) is 0 Å². The first-order chi connectivity index (χ1) is 9.24. The fourth-order valence-corrected chi connectivity index (χ4v) is 2.85. The SMILES string of the molecule is CN(C)CC1CCCCN1c1nc2ccccc2o1. The largest absolute Gasteiger partial charge is 0.423 e. The van der Waals surface area contributed by atoms with E-state index >= 15 is 0 Å². The number of anilines is 1. The highest BCUT2D eigenvalue weighted by atomic mass is 16.4. The third kappa shape index (κ3) is 2.59. The van der Waals surface area contributed by atoms with Crippen molar-refractivity contribution in [1.29, 1.82) is 0 Å². The molecule has 0 N–H and O–H groups in total. The van der Waals surface area contributed by atoms with Crippen molar-refractivity contribution in [2.75, 3.05) is 32.1 Å². The maximum Gasteiger partial charge on any atom is 0.298 e. The van der Waals surface area contributed by atoms with Crippen LogP contribution < -0.4 is 4.90 Å². The van der Waals surface area contributed by atoms with Crippen LogP contribution in [0.4, 0.5) is 6.01 Å². The Morgan fingerprint density at radius 1 is 1.32 bits per heavy atom. The van der Waals surface area contributed by atoms with E-state index in [9.17, 15) is 0 Å². The zero-order valence-electron chi connectivity index (χ0n) is 11.7. The van der Waals surface area contributed by atoms with E-state index in [0.717, 1.165) is 30.2 Å². The second-order valence-electron chi connectivity index (χ2n) is 5.57. The third-order valence-electron chi connectivity index (χ3n) is 3.73. The van der Waals surface area contributed by atoms with Crippen LogP contribution in [0.1, 0.15) is 19.3 Å². The van der Waals surface area contributed by atoms with E-state index in [0.29, 0.717) is 6.04 Å². The minimum Gasteiger partial charge on any atom is -0.423 e. The molecule has 1 atom stereocenters. The molecule has 1 aromatic heterocycles. The summed E-state index contributed by atoms with van der Waals surface area (Å²) in [5, 5.41) is 0. The number of nitrogens with zero attached hydrogens (tertiary/aromatic N) is 3. The summed E-state index contributed by atoms with van der Waals surface area (Å²) < 4.78 is 5.92. The number of hydrogen-bond acceptors (Lipinski definition) is 4. The normalized spacial score (nSPS) is 20.4. The van der Waals surface area contributed by atoms with Crippen molar-refractivity contribution in [3.63, 3.8) is 0 Å². The van der Waals surface area contributed by atoms with Crippen LogP contribution in [0, 0.1) is 0 Å². The lowest BCUT2D eigenvalue weighted by molar-refractivity contribution is 0.318. The molecule has 0 radical (unpaired) electrons. The van der Waals surface area contributed by atoms with Crippen LogP contribution in [0.25, 0.3) is 11.1 Å². The van der Waals surface area contributed by atoms with E-state index in [-0.39, 0.29) is 0 Å². The first-order valence-corrected chi connectivity index (χ1v) is 7.01. The highest BCUT2D eigenvalue weighted by Crippen LogP contribution is 2.27. The molecule has 1 aromatic carbocycles. The van der Waals surface area contributed by atoms with Crippen LogP contribution in [-0.2, 0) is 0 Å². The van der Waals surface area contributed by atoms with Crippen molar-refractivity contribution in [3.05, 3.63) is 24.3 Å².